The highest BCUT2D eigenvalue weighted by Crippen LogP contribution is 2.29. The molecule has 0 saturated carbocycles. The van der Waals surface area contributed by atoms with Gasteiger partial charge in [-0.15, -0.1) is 0 Å². The molecule has 0 amide bonds. The molecule has 0 aliphatic carbocycles. The molecule has 6 heteroatoms. The Hall–Kier alpha value is -3.44. The molecule has 0 spiro atoms. The Morgan fingerprint density at radius 3 is 2.38 bits per heavy atom. The van der Waals surface area contributed by atoms with Gasteiger partial charge >= 0.3 is 5.97 Å². The molecule has 0 saturated heterocycles. The normalized spacial score (nSPS) is 10.7. The lowest BCUT2D eigenvalue weighted by molar-refractivity contribution is 0.0724. The topological polar surface area (TPSA) is 52.6 Å². The van der Waals surface area contributed by atoms with E-state index in [9.17, 15) is 14.0 Å². The van der Waals surface area contributed by atoms with Crippen molar-refractivity contribution in [1.82, 2.24) is 0 Å². The molecule has 3 rings (SSSR count). The van der Waals surface area contributed by atoms with Crippen LogP contribution in [0.5, 0.6) is 11.5 Å². The fourth-order valence-electron chi connectivity index (χ4n) is 2.54. The molecule has 146 valence electrons. The number of hydrogen-bond donors (Lipinski definition) is 0. The van der Waals surface area contributed by atoms with Crippen molar-refractivity contribution < 1.29 is 23.5 Å². The minimum absolute atomic E-state index is 0.141. The Morgan fingerprint density at radius 1 is 0.966 bits per heavy atom. The van der Waals surface area contributed by atoms with Gasteiger partial charge in [0.1, 0.15) is 5.82 Å². The predicted molar refractivity (Wildman–Crippen MR) is 109 cm³/mol. The van der Waals surface area contributed by atoms with Crippen molar-refractivity contribution >= 4 is 29.4 Å². The van der Waals surface area contributed by atoms with Gasteiger partial charge in [0.25, 0.3) is 0 Å². The van der Waals surface area contributed by atoms with Gasteiger partial charge in [-0.1, -0.05) is 35.9 Å². The Morgan fingerprint density at radius 2 is 1.69 bits per heavy atom. The lowest BCUT2D eigenvalue weighted by Crippen LogP contribution is -2.11. The molecule has 0 radical (unpaired) electrons. The number of esters is 1. The van der Waals surface area contributed by atoms with Crippen molar-refractivity contribution in [3.63, 3.8) is 0 Å². The zero-order chi connectivity index (χ0) is 20.8. The quantitative estimate of drug-likeness (QED) is 0.229. The molecule has 3 aromatic rings. The van der Waals surface area contributed by atoms with Crippen molar-refractivity contribution in [3.8, 4) is 11.5 Å². The monoisotopic (exact) mass is 410 g/mol. The van der Waals surface area contributed by atoms with Crippen LogP contribution in [0.25, 0.3) is 6.08 Å². The van der Waals surface area contributed by atoms with Crippen molar-refractivity contribution in [2.45, 2.75) is 0 Å². The van der Waals surface area contributed by atoms with Gasteiger partial charge in [0.05, 0.1) is 12.7 Å². The average Bonchev–Trinajstić information content (AvgIpc) is 2.73. The Labute approximate surface area is 172 Å². The Kier molecular flexibility index (Phi) is 6.42. The van der Waals surface area contributed by atoms with E-state index in [1.807, 2.05) is 0 Å². The largest absolute Gasteiger partial charge is 0.493 e. The molecule has 0 aliphatic heterocycles. The molecule has 0 aliphatic rings. The third-order valence-corrected chi connectivity index (χ3v) is 4.29. The number of ketones is 1. The summed E-state index contributed by atoms with van der Waals surface area (Å²) in [5, 5.41) is 0.552. The van der Waals surface area contributed by atoms with Crippen LogP contribution >= 0.6 is 11.6 Å². The summed E-state index contributed by atoms with van der Waals surface area (Å²) < 4.78 is 24.3. The zero-order valence-electron chi connectivity index (χ0n) is 15.4. The summed E-state index contributed by atoms with van der Waals surface area (Å²) >= 11 is 5.82. The smallest absolute Gasteiger partial charge is 0.346 e. The van der Waals surface area contributed by atoms with E-state index in [2.05, 4.69) is 0 Å². The van der Waals surface area contributed by atoms with Crippen LogP contribution in [0.15, 0.2) is 72.8 Å². The van der Waals surface area contributed by atoms with E-state index in [0.717, 1.165) is 0 Å². The van der Waals surface area contributed by atoms with Crippen molar-refractivity contribution in [2.24, 2.45) is 0 Å². The first-order valence-electron chi connectivity index (χ1n) is 8.60. The van der Waals surface area contributed by atoms with E-state index in [-0.39, 0.29) is 22.8 Å². The zero-order valence-corrected chi connectivity index (χ0v) is 16.2. The third-order valence-electron chi connectivity index (χ3n) is 4.04. The maximum Gasteiger partial charge on any atom is 0.346 e. The first-order valence-corrected chi connectivity index (χ1v) is 8.98. The van der Waals surface area contributed by atoms with E-state index < -0.39 is 11.8 Å². The van der Waals surface area contributed by atoms with Crippen LogP contribution in [0.2, 0.25) is 5.02 Å². The van der Waals surface area contributed by atoms with E-state index >= 15 is 0 Å². The average molecular weight is 411 g/mol. The summed E-state index contributed by atoms with van der Waals surface area (Å²) in [7, 11) is 1.42. The van der Waals surface area contributed by atoms with Gasteiger partial charge in [0.2, 0.25) is 0 Å². The van der Waals surface area contributed by atoms with Gasteiger partial charge in [-0.25, -0.2) is 9.18 Å². The van der Waals surface area contributed by atoms with E-state index in [1.54, 1.807) is 48.5 Å². The van der Waals surface area contributed by atoms with Crippen LogP contribution in [-0.4, -0.2) is 18.9 Å². The van der Waals surface area contributed by atoms with Crippen LogP contribution < -0.4 is 9.47 Å². The van der Waals surface area contributed by atoms with Crippen LogP contribution in [0.3, 0.4) is 0 Å². The molecule has 0 N–H and O–H groups in total. The van der Waals surface area contributed by atoms with E-state index in [1.165, 1.54) is 37.5 Å². The molecule has 0 aromatic heterocycles. The van der Waals surface area contributed by atoms with Crippen LogP contribution in [0.4, 0.5) is 4.39 Å². The highest BCUT2D eigenvalue weighted by molar-refractivity contribution is 6.30. The number of carbonyl (C=O) groups is 2. The number of ether oxygens (including phenoxy) is 2. The standard InChI is InChI=1S/C23H16ClFO4/c1-28-22-14-15(6-12-20(26)16-8-10-17(24)11-9-16)7-13-21(22)29-23(27)18-4-2-3-5-19(18)25/h2-14H,1H3/b12-6+. The number of halogens is 2. The summed E-state index contributed by atoms with van der Waals surface area (Å²) in [5.74, 6) is -1.27. The molecule has 29 heavy (non-hydrogen) atoms. The maximum atomic E-state index is 13.7. The number of methoxy groups -OCH3 is 1. The van der Waals surface area contributed by atoms with Crippen LogP contribution in [0.1, 0.15) is 26.3 Å². The molecule has 0 bridgehead atoms. The minimum atomic E-state index is -0.831. The van der Waals surface area contributed by atoms with Crippen molar-refractivity contribution in [2.75, 3.05) is 7.11 Å². The second-order valence-corrected chi connectivity index (χ2v) is 6.42. The lowest BCUT2D eigenvalue weighted by atomic mass is 10.1. The summed E-state index contributed by atoms with van der Waals surface area (Å²) in [6.07, 6.45) is 3.03. The fourth-order valence-corrected chi connectivity index (χ4v) is 2.66. The highest BCUT2D eigenvalue weighted by atomic mass is 35.5. The Balaban J connectivity index is 1.76. The van der Waals surface area contributed by atoms with Crippen LogP contribution in [-0.2, 0) is 0 Å². The minimum Gasteiger partial charge on any atom is -0.493 e. The summed E-state index contributed by atoms with van der Waals surface area (Å²) in [4.78, 5) is 24.4. The third kappa shape index (κ3) is 5.09. The molecule has 0 fully saturated rings. The molecular formula is C23H16ClFO4. The summed E-state index contributed by atoms with van der Waals surface area (Å²) in [6, 6.07) is 16.9. The molecular weight excluding hydrogens is 395 g/mol. The van der Waals surface area contributed by atoms with Gasteiger partial charge in [-0.05, 0) is 60.2 Å². The van der Waals surface area contributed by atoms with E-state index in [4.69, 9.17) is 21.1 Å². The van der Waals surface area contributed by atoms with Gasteiger partial charge < -0.3 is 9.47 Å². The first kappa shape index (κ1) is 20.3. The number of hydrogen-bond acceptors (Lipinski definition) is 4. The number of rotatable bonds is 6. The lowest BCUT2D eigenvalue weighted by Gasteiger charge is -2.10. The van der Waals surface area contributed by atoms with Gasteiger partial charge in [0.15, 0.2) is 17.3 Å². The van der Waals surface area contributed by atoms with E-state index in [0.29, 0.717) is 16.1 Å². The van der Waals surface area contributed by atoms with Crippen LogP contribution in [0, 0.1) is 5.82 Å². The molecule has 3 aromatic carbocycles. The molecule has 0 unspecified atom stereocenters. The Bertz CT molecular complexity index is 1070. The number of carbonyl (C=O) groups excluding carboxylic acids is 2. The number of benzene rings is 3. The summed E-state index contributed by atoms with van der Waals surface area (Å²) in [6.45, 7) is 0. The van der Waals surface area contributed by atoms with Crippen molar-refractivity contribution in [1.29, 1.82) is 0 Å². The summed E-state index contributed by atoms with van der Waals surface area (Å²) in [5.41, 5.74) is 0.995. The molecule has 4 nitrogen and oxygen atoms in total. The van der Waals surface area contributed by atoms with Crippen molar-refractivity contribution in [3.05, 3.63) is 100 Å². The van der Waals surface area contributed by atoms with Gasteiger partial charge in [0, 0.05) is 10.6 Å². The molecule has 0 heterocycles. The van der Waals surface area contributed by atoms with Gasteiger partial charge in [-0.2, -0.15) is 0 Å². The second kappa shape index (κ2) is 9.17. The SMILES string of the molecule is COc1cc(/C=C/C(=O)c2ccc(Cl)cc2)ccc1OC(=O)c1ccccc1F. The number of allylic oxidation sites excluding steroid dienone is 1. The predicted octanol–water partition coefficient (Wildman–Crippen LogP) is 5.60. The second-order valence-electron chi connectivity index (χ2n) is 5.98. The highest BCUT2D eigenvalue weighted by Gasteiger charge is 2.16. The first-order chi connectivity index (χ1) is 14.0. The van der Waals surface area contributed by atoms with Gasteiger partial charge in [-0.3, -0.25) is 4.79 Å². The maximum absolute atomic E-state index is 13.7. The molecule has 0 atom stereocenters. The fraction of sp³-hybridized carbons (Fsp3) is 0.0435.